The maximum absolute atomic E-state index is 3.37. The van der Waals surface area contributed by atoms with Crippen LogP contribution in [0.4, 0.5) is 0 Å². The summed E-state index contributed by atoms with van der Waals surface area (Å²) in [4.78, 5) is 2.46. The molecule has 0 amide bonds. The summed E-state index contributed by atoms with van der Waals surface area (Å²) in [6.07, 6.45) is 3.98. The minimum atomic E-state index is 0.745. The molecule has 0 aromatic heterocycles. The van der Waals surface area contributed by atoms with E-state index in [9.17, 15) is 0 Å². The second-order valence-corrected chi connectivity index (χ2v) is 3.69. The van der Waals surface area contributed by atoms with Gasteiger partial charge >= 0.3 is 0 Å². The molecule has 1 rings (SSSR count). The van der Waals surface area contributed by atoms with E-state index in [0.717, 1.165) is 12.1 Å². The third-order valence-corrected chi connectivity index (χ3v) is 2.85. The van der Waals surface area contributed by atoms with Crippen LogP contribution in [0.2, 0.25) is 0 Å². The summed E-state index contributed by atoms with van der Waals surface area (Å²) in [6.45, 7) is 3.58. The molecule has 66 valence electrons. The van der Waals surface area contributed by atoms with Crippen molar-refractivity contribution < 1.29 is 0 Å². The molecular formula is C9H20N2. The third-order valence-electron chi connectivity index (χ3n) is 2.85. The standard InChI is InChI=1S/C9H20N2/c1-8-7-9(10-2)5-4-6-11(8)3/h8-10H,4-7H2,1-3H3. The molecule has 1 aliphatic rings. The lowest BCUT2D eigenvalue weighted by molar-refractivity contribution is 0.257. The number of hydrogen-bond donors (Lipinski definition) is 1. The Kier molecular flexibility index (Phi) is 3.34. The molecule has 0 radical (unpaired) electrons. The second-order valence-electron chi connectivity index (χ2n) is 3.69. The van der Waals surface area contributed by atoms with Gasteiger partial charge in [-0.3, -0.25) is 0 Å². The highest BCUT2D eigenvalue weighted by Crippen LogP contribution is 2.14. The predicted molar refractivity (Wildman–Crippen MR) is 48.8 cm³/mol. The minimum Gasteiger partial charge on any atom is -0.317 e. The van der Waals surface area contributed by atoms with E-state index in [1.165, 1.54) is 25.8 Å². The number of hydrogen-bond acceptors (Lipinski definition) is 2. The lowest BCUT2D eigenvalue weighted by atomic mass is 10.1. The fourth-order valence-corrected chi connectivity index (χ4v) is 1.78. The first-order valence-corrected chi connectivity index (χ1v) is 4.61. The molecule has 0 aromatic rings. The topological polar surface area (TPSA) is 15.3 Å². The van der Waals surface area contributed by atoms with Gasteiger partial charge in [-0.15, -0.1) is 0 Å². The van der Waals surface area contributed by atoms with Crippen molar-refractivity contribution in [2.45, 2.75) is 38.3 Å². The summed E-state index contributed by atoms with van der Waals surface area (Å²) >= 11 is 0. The molecule has 2 nitrogen and oxygen atoms in total. The average molecular weight is 156 g/mol. The average Bonchev–Trinajstić information content (AvgIpc) is 2.15. The Morgan fingerprint density at radius 2 is 2.18 bits per heavy atom. The van der Waals surface area contributed by atoms with Crippen LogP contribution in [-0.4, -0.2) is 37.6 Å². The molecule has 0 saturated carbocycles. The van der Waals surface area contributed by atoms with E-state index in [-0.39, 0.29) is 0 Å². The molecule has 11 heavy (non-hydrogen) atoms. The molecular weight excluding hydrogens is 136 g/mol. The van der Waals surface area contributed by atoms with Gasteiger partial charge in [0, 0.05) is 12.1 Å². The number of nitrogens with one attached hydrogen (secondary N) is 1. The lowest BCUT2D eigenvalue weighted by Gasteiger charge is -2.22. The fraction of sp³-hybridized carbons (Fsp3) is 1.00. The van der Waals surface area contributed by atoms with Crippen LogP contribution in [0.25, 0.3) is 0 Å². The molecule has 2 unspecified atom stereocenters. The zero-order chi connectivity index (χ0) is 8.27. The number of rotatable bonds is 1. The van der Waals surface area contributed by atoms with Crippen LogP contribution < -0.4 is 5.32 Å². The van der Waals surface area contributed by atoms with Crippen molar-refractivity contribution in [1.29, 1.82) is 0 Å². The molecule has 0 aliphatic carbocycles. The van der Waals surface area contributed by atoms with Crippen LogP contribution in [0.3, 0.4) is 0 Å². The van der Waals surface area contributed by atoms with Gasteiger partial charge in [-0.1, -0.05) is 0 Å². The smallest absolute Gasteiger partial charge is 0.00793 e. The molecule has 1 fully saturated rings. The van der Waals surface area contributed by atoms with E-state index in [1.807, 2.05) is 0 Å². The van der Waals surface area contributed by atoms with Crippen LogP contribution in [0, 0.1) is 0 Å². The highest BCUT2D eigenvalue weighted by molar-refractivity contribution is 4.77. The first-order valence-electron chi connectivity index (χ1n) is 4.61. The Labute approximate surface area is 70.0 Å². The molecule has 1 N–H and O–H groups in total. The molecule has 2 heteroatoms. The summed E-state index contributed by atoms with van der Waals surface area (Å²) in [5.74, 6) is 0. The molecule has 1 heterocycles. The van der Waals surface area contributed by atoms with E-state index >= 15 is 0 Å². The Bertz CT molecular complexity index is 114. The van der Waals surface area contributed by atoms with Crippen molar-refractivity contribution in [1.82, 2.24) is 10.2 Å². The number of likely N-dealkylation sites (tertiary alicyclic amines) is 1. The zero-order valence-corrected chi connectivity index (χ0v) is 7.93. The van der Waals surface area contributed by atoms with Gasteiger partial charge in [0.25, 0.3) is 0 Å². The minimum absolute atomic E-state index is 0.745. The molecule has 1 saturated heterocycles. The SMILES string of the molecule is CNC1CCCN(C)C(C)C1. The zero-order valence-electron chi connectivity index (χ0n) is 7.93. The van der Waals surface area contributed by atoms with Gasteiger partial charge in [0.05, 0.1) is 0 Å². The first kappa shape index (κ1) is 9.01. The van der Waals surface area contributed by atoms with Crippen LogP contribution in [0.5, 0.6) is 0 Å². The predicted octanol–water partition coefficient (Wildman–Crippen LogP) is 1.08. The van der Waals surface area contributed by atoms with Gasteiger partial charge in [0.15, 0.2) is 0 Å². The fourth-order valence-electron chi connectivity index (χ4n) is 1.78. The van der Waals surface area contributed by atoms with E-state index in [0.29, 0.717) is 0 Å². The first-order chi connectivity index (χ1) is 5.24. The van der Waals surface area contributed by atoms with Gasteiger partial charge in [0.2, 0.25) is 0 Å². The van der Waals surface area contributed by atoms with Gasteiger partial charge in [-0.25, -0.2) is 0 Å². The Hall–Kier alpha value is -0.0800. The van der Waals surface area contributed by atoms with Gasteiger partial charge in [0.1, 0.15) is 0 Å². The van der Waals surface area contributed by atoms with Crippen molar-refractivity contribution in [3.8, 4) is 0 Å². The van der Waals surface area contributed by atoms with Crippen LogP contribution >= 0.6 is 0 Å². The largest absolute Gasteiger partial charge is 0.317 e. The molecule has 1 aliphatic heterocycles. The maximum Gasteiger partial charge on any atom is 0.00793 e. The highest BCUT2D eigenvalue weighted by atomic mass is 15.1. The summed E-state index contributed by atoms with van der Waals surface area (Å²) in [5.41, 5.74) is 0. The quantitative estimate of drug-likeness (QED) is 0.611. The Morgan fingerprint density at radius 3 is 2.82 bits per heavy atom. The normalized spacial score (nSPS) is 35.2. The van der Waals surface area contributed by atoms with Crippen molar-refractivity contribution in [3.63, 3.8) is 0 Å². The lowest BCUT2D eigenvalue weighted by Crippen LogP contribution is -2.33. The number of nitrogens with zero attached hydrogens (tertiary/aromatic N) is 1. The van der Waals surface area contributed by atoms with Crippen molar-refractivity contribution in [2.24, 2.45) is 0 Å². The summed E-state index contributed by atoms with van der Waals surface area (Å²) in [5, 5.41) is 3.37. The van der Waals surface area contributed by atoms with E-state index in [4.69, 9.17) is 0 Å². The summed E-state index contributed by atoms with van der Waals surface area (Å²) in [6, 6.07) is 1.49. The van der Waals surface area contributed by atoms with Crippen LogP contribution in [0.15, 0.2) is 0 Å². The molecule has 0 spiro atoms. The van der Waals surface area contributed by atoms with E-state index < -0.39 is 0 Å². The van der Waals surface area contributed by atoms with Gasteiger partial charge in [-0.2, -0.15) is 0 Å². The van der Waals surface area contributed by atoms with E-state index in [2.05, 4.69) is 31.2 Å². The van der Waals surface area contributed by atoms with E-state index in [1.54, 1.807) is 0 Å². The monoisotopic (exact) mass is 156 g/mol. The maximum atomic E-state index is 3.37. The third kappa shape index (κ3) is 2.46. The van der Waals surface area contributed by atoms with Crippen LogP contribution in [0.1, 0.15) is 26.2 Å². The van der Waals surface area contributed by atoms with Gasteiger partial charge in [-0.05, 0) is 46.8 Å². The van der Waals surface area contributed by atoms with Crippen LogP contribution in [-0.2, 0) is 0 Å². The van der Waals surface area contributed by atoms with Crippen molar-refractivity contribution in [2.75, 3.05) is 20.6 Å². The summed E-state index contributed by atoms with van der Waals surface area (Å²) in [7, 11) is 4.30. The Balaban J connectivity index is 2.41. The Morgan fingerprint density at radius 1 is 1.45 bits per heavy atom. The summed E-state index contributed by atoms with van der Waals surface area (Å²) < 4.78 is 0. The highest BCUT2D eigenvalue weighted by Gasteiger charge is 2.18. The van der Waals surface area contributed by atoms with Gasteiger partial charge < -0.3 is 10.2 Å². The molecule has 0 aromatic carbocycles. The molecule has 0 bridgehead atoms. The second kappa shape index (κ2) is 4.07. The van der Waals surface area contributed by atoms with Crippen molar-refractivity contribution >= 4 is 0 Å². The molecule has 2 atom stereocenters. The van der Waals surface area contributed by atoms with Crippen molar-refractivity contribution in [3.05, 3.63) is 0 Å².